The molecule has 0 atom stereocenters. The Bertz CT molecular complexity index is 689. The molecule has 0 aliphatic carbocycles. The molecule has 0 saturated heterocycles. The molecule has 2 aromatic carbocycles. The standard InChI is InChI=1S/C18H19N5/c19-22-18-20-12-11-17(21-18)23(13-15-7-3-1-4-8-15)14-16-9-5-2-6-10-16/h1-12H,13-14,19H2,(H,20,21,22). The molecule has 23 heavy (non-hydrogen) atoms. The second-order valence-electron chi connectivity index (χ2n) is 5.21. The van der Waals surface area contributed by atoms with Crippen LogP contribution >= 0.6 is 0 Å². The molecule has 0 amide bonds. The normalized spacial score (nSPS) is 10.3. The van der Waals surface area contributed by atoms with E-state index < -0.39 is 0 Å². The summed E-state index contributed by atoms with van der Waals surface area (Å²) in [5.74, 6) is 6.68. The molecule has 3 aromatic rings. The molecular formula is C18H19N5. The Balaban J connectivity index is 1.88. The van der Waals surface area contributed by atoms with E-state index in [0.29, 0.717) is 5.95 Å². The van der Waals surface area contributed by atoms with E-state index >= 15 is 0 Å². The second kappa shape index (κ2) is 7.38. The number of nitrogens with two attached hydrogens (primary N) is 1. The zero-order valence-electron chi connectivity index (χ0n) is 12.8. The third-order valence-corrected chi connectivity index (χ3v) is 3.53. The first kappa shape index (κ1) is 15.0. The maximum Gasteiger partial charge on any atom is 0.239 e. The highest BCUT2D eigenvalue weighted by molar-refractivity contribution is 5.43. The van der Waals surface area contributed by atoms with Gasteiger partial charge in [0, 0.05) is 19.3 Å². The summed E-state index contributed by atoms with van der Waals surface area (Å²) in [6.45, 7) is 1.52. The zero-order valence-corrected chi connectivity index (χ0v) is 12.8. The number of hydrazine groups is 1. The molecule has 5 nitrogen and oxygen atoms in total. The van der Waals surface area contributed by atoms with Crippen LogP contribution < -0.4 is 16.2 Å². The number of hydrogen-bond donors (Lipinski definition) is 2. The summed E-state index contributed by atoms with van der Waals surface area (Å²) in [5.41, 5.74) is 4.95. The fourth-order valence-corrected chi connectivity index (χ4v) is 2.42. The van der Waals surface area contributed by atoms with Gasteiger partial charge in [0.15, 0.2) is 0 Å². The van der Waals surface area contributed by atoms with Crippen molar-refractivity contribution in [3.8, 4) is 0 Å². The van der Waals surface area contributed by atoms with Gasteiger partial charge in [-0.05, 0) is 17.2 Å². The number of benzene rings is 2. The minimum atomic E-state index is 0.411. The van der Waals surface area contributed by atoms with Crippen LogP contribution in [0.5, 0.6) is 0 Å². The Morgan fingerprint density at radius 3 is 1.91 bits per heavy atom. The molecule has 0 spiro atoms. The van der Waals surface area contributed by atoms with Crippen molar-refractivity contribution in [2.75, 3.05) is 10.3 Å². The van der Waals surface area contributed by atoms with E-state index in [1.807, 2.05) is 42.5 Å². The van der Waals surface area contributed by atoms with Gasteiger partial charge in [0.05, 0.1) is 0 Å². The molecule has 5 heteroatoms. The Morgan fingerprint density at radius 2 is 1.39 bits per heavy atom. The van der Waals surface area contributed by atoms with Crippen molar-refractivity contribution in [1.82, 2.24) is 9.97 Å². The lowest BCUT2D eigenvalue weighted by atomic mass is 10.1. The highest BCUT2D eigenvalue weighted by Gasteiger charge is 2.11. The molecule has 116 valence electrons. The lowest BCUT2D eigenvalue weighted by Gasteiger charge is -2.24. The van der Waals surface area contributed by atoms with Crippen molar-refractivity contribution in [2.24, 2.45) is 5.84 Å². The molecule has 3 N–H and O–H groups in total. The molecular weight excluding hydrogens is 286 g/mol. The summed E-state index contributed by atoms with van der Waals surface area (Å²) in [5, 5.41) is 0. The molecule has 0 radical (unpaired) electrons. The predicted molar refractivity (Wildman–Crippen MR) is 92.6 cm³/mol. The van der Waals surface area contributed by atoms with Gasteiger partial charge < -0.3 is 4.90 Å². The number of hydrogen-bond acceptors (Lipinski definition) is 5. The van der Waals surface area contributed by atoms with E-state index in [0.717, 1.165) is 18.9 Å². The number of aromatic nitrogens is 2. The lowest BCUT2D eigenvalue weighted by Crippen LogP contribution is -2.24. The monoisotopic (exact) mass is 305 g/mol. The van der Waals surface area contributed by atoms with Crippen LogP contribution in [0.1, 0.15) is 11.1 Å². The quantitative estimate of drug-likeness (QED) is 0.541. The number of rotatable bonds is 6. The number of nitrogen functional groups attached to an aromatic ring is 1. The summed E-state index contributed by atoms with van der Waals surface area (Å²) in [6, 6.07) is 22.6. The zero-order chi connectivity index (χ0) is 15.9. The third kappa shape index (κ3) is 4.05. The van der Waals surface area contributed by atoms with E-state index in [1.165, 1.54) is 11.1 Å². The van der Waals surface area contributed by atoms with Crippen LogP contribution in [0.15, 0.2) is 72.9 Å². The van der Waals surface area contributed by atoms with Crippen molar-refractivity contribution in [3.63, 3.8) is 0 Å². The Morgan fingerprint density at radius 1 is 0.826 bits per heavy atom. The van der Waals surface area contributed by atoms with Crippen molar-refractivity contribution in [3.05, 3.63) is 84.1 Å². The van der Waals surface area contributed by atoms with Crippen LogP contribution in [0.25, 0.3) is 0 Å². The summed E-state index contributed by atoms with van der Waals surface area (Å²) >= 11 is 0. The minimum absolute atomic E-state index is 0.411. The molecule has 0 unspecified atom stereocenters. The van der Waals surface area contributed by atoms with Gasteiger partial charge in [-0.15, -0.1) is 0 Å². The largest absolute Gasteiger partial charge is 0.348 e. The van der Waals surface area contributed by atoms with Gasteiger partial charge >= 0.3 is 0 Å². The van der Waals surface area contributed by atoms with Crippen LogP contribution in [0.4, 0.5) is 11.8 Å². The fraction of sp³-hybridized carbons (Fsp3) is 0.111. The summed E-state index contributed by atoms with van der Waals surface area (Å²) < 4.78 is 0. The van der Waals surface area contributed by atoms with Crippen LogP contribution in [0, 0.1) is 0 Å². The summed E-state index contributed by atoms with van der Waals surface area (Å²) in [7, 11) is 0. The smallest absolute Gasteiger partial charge is 0.239 e. The minimum Gasteiger partial charge on any atom is -0.348 e. The van der Waals surface area contributed by atoms with Gasteiger partial charge in [-0.1, -0.05) is 60.7 Å². The van der Waals surface area contributed by atoms with Gasteiger partial charge in [0.2, 0.25) is 5.95 Å². The highest BCUT2D eigenvalue weighted by atomic mass is 15.3. The average molecular weight is 305 g/mol. The van der Waals surface area contributed by atoms with Crippen molar-refractivity contribution in [2.45, 2.75) is 13.1 Å². The van der Waals surface area contributed by atoms with Crippen LogP contribution in [-0.4, -0.2) is 9.97 Å². The number of anilines is 2. The van der Waals surface area contributed by atoms with Crippen molar-refractivity contribution < 1.29 is 0 Å². The maximum absolute atomic E-state index is 5.43. The molecule has 1 heterocycles. The molecule has 3 rings (SSSR count). The highest BCUT2D eigenvalue weighted by Crippen LogP contribution is 2.18. The second-order valence-corrected chi connectivity index (χ2v) is 5.21. The van der Waals surface area contributed by atoms with Crippen molar-refractivity contribution in [1.29, 1.82) is 0 Å². The third-order valence-electron chi connectivity index (χ3n) is 3.53. The Labute approximate surface area is 135 Å². The van der Waals surface area contributed by atoms with E-state index in [4.69, 9.17) is 5.84 Å². The Kier molecular flexibility index (Phi) is 4.81. The van der Waals surface area contributed by atoms with Gasteiger partial charge in [0.25, 0.3) is 0 Å². The molecule has 0 aliphatic rings. The van der Waals surface area contributed by atoms with E-state index in [-0.39, 0.29) is 0 Å². The van der Waals surface area contributed by atoms with Gasteiger partial charge in [-0.2, -0.15) is 4.98 Å². The fourth-order valence-electron chi connectivity index (χ4n) is 2.42. The maximum atomic E-state index is 5.43. The first-order valence-corrected chi connectivity index (χ1v) is 7.47. The van der Waals surface area contributed by atoms with Crippen molar-refractivity contribution >= 4 is 11.8 Å². The molecule has 0 bridgehead atoms. The first-order valence-electron chi connectivity index (χ1n) is 7.47. The molecule has 1 aromatic heterocycles. The summed E-state index contributed by atoms with van der Waals surface area (Å²) in [4.78, 5) is 10.7. The van der Waals surface area contributed by atoms with Crippen LogP contribution in [-0.2, 0) is 13.1 Å². The van der Waals surface area contributed by atoms with Gasteiger partial charge in [0.1, 0.15) is 5.82 Å². The number of nitrogens with one attached hydrogen (secondary N) is 1. The first-order chi connectivity index (χ1) is 11.3. The van der Waals surface area contributed by atoms with Gasteiger partial charge in [-0.25, -0.2) is 10.8 Å². The molecule has 0 aliphatic heterocycles. The molecule has 0 fully saturated rings. The van der Waals surface area contributed by atoms with E-state index in [2.05, 4.69) is 44.6 Å². The topological polar surface area (TPSA) is 67.1 Å². The van der Waals surface area contributed by atoms with Crippen LogP contribution in [0.2, 0.25) is 0 Å². The SMILES string of the molecule is NNc1nccc(N(Cc2ccccc2)Cc2ccccc2)n1. The van der Waals surface area contributed by atoms with Crippen LogP contribution in [0.3, 0.4) is 0 Å². The van der Waals surface area contributed by atoms with Gasteiger partial charge in [-0.3, -0.25) is 5.43 Å². The Hall–Kier alpha value is -2.92. The lowest BCUT2D eigenvalue weighted by molar-refractivity contribution is 0.781. The van der Waals surface area contributed by atoms with E-state index in [1.54, 1.807) is 6.20 Å². The number of nitrogens with zero attached hydrogens (tertiary/aromatic N) is 3. The average Bonchev–Trinajstić information content (AvgIpc) is 2.63. The molecule has 0 saturated carbocycles. The van der Waals surface area contributed by atoms with E-state index in [9.17, 15) is 0 Å². The summed E-state index contributed by atoms with van der Waals surface area (Å²) in [6.07, 6.45) is 1.71. The predicted octanol–water partition coefficient (Wildman–Crippen LogP) is 2.97.